The van der Waals surface area contributed by atoms with Gasteiger partial charge in [0, 0.05) is 5.75 Å². The topological polar surface area (TPSA) is 127 Å². The van der Waals surface area contributed by atoms with Crippen LogP contribution in [0.4, 0.5) is 10.3 Å². The Balaban J connectivity index is 1.69. The summed E-state index contributed by atoms with van der Waals surface area (Å²) in [5.74, 6) is 0.354. The fourth-order valence-corrected chi connectivity index (χ4v) is 5.86. The van der Waals surface area contributed by atoms with Crippen molar-refractivity contribution in [2.75, 3.05) is 15.8 Å². The molecular formula is C14H13ClN6O3S4. The summed E-state index contributed by atoms with van der Waals surface area (Å²) in [5, 5.41) is 18.0. The van der Waals surface area contributed by atoms with Crippen molar-refractivity contribution < 1.29 is 13.2 Å². The molecule has 0 atom stereocenters. The Kier molecular flexibility index (Phi) is 6.82. The van der Waals surface area contributed by atoms with Crippen LogP contribution in [0.25, 0.3) is 0 Å². The molecule has 2 heterocycles. The molecule has 0 fully saturated rings. The highest BCUT2D eigenvalue weighted by atomic mass is 35.5. The minimum absolute atomic E-state index is 0.0294. The van der Waals surface area contributed by atoms with Gasteiger partial charge in [0.25, 0.3) is 20.3 Å². The number of rotatable bonds is 8. The number of nitrogens with zero attached hydrogens (tertiary/aromatic N) is 4. The lowest BCUT2D eigenvalue weighted by atomic mass is 10.2. The number of amides is 1. The normalized spacial score (nSPS) is 11.4. The third kappa shape index (κ3) is 5.17. The second-order valence-corrected chi connectivity index (χ2v) is 10.7. The van der Waals surface area contributed by atoms with E-state index < -0.39 is 15.9 Å². The summed E-state index contributed by atoms with van der Waals surface area (Å²) in [5.41, 5.74) is 0.243. The maximum Gasteiger partial charge on any atom is 0.293 e. The Morgan fingerprint density at radius 3 is 2.64 bits per heavy atom. The van der Waals surface area contributed by atoms with Crippen LogP contribution in [0.2, 0.25) is 5.02 Å². The van der Waals surface area contributed by atoms with Crippen LogP contribution in [0, 0.1) is 0 Å². The first-order valence-corrected chi connectivity index (χ1v) is 12.3. The summed E-state index contributed by atoms with van der Waals surface area (Å²) in [6, 6.07) is 6.48. The Bertz CT molecular complexity index is 1080. The SMILES string of the molecule is CCCSc1nnc(NS(=O)(=O)c2nnc(NC(=O)c3ccccc3Cl)s2)s1. The van der Waals surface area contributed by atoms with Gasteiger partial charge in [0.2, 0.25) is 10.3 Å². The van der Waals surface area contributed by atoms with E-state index in [1.807, 2.05) is 6.92 Å². The van der Waals surface area contributed by atoms with Gasteiger partial charge in [0.1, 0.15) is 0 Å². The third-order valence-electron chi connectivity index (χ3n) is 3.03. The van der Waals surface area contributed by atoms with Gasteiger partial charge in [0.05, 0.1) is 10.6 Å². The lowest BCUT2D eigenvalue weighted by Gasteiger charge is -2.02. The fourth-order valence-electron chi connectivity index (χ4n) is 1.84. The molecule has 0 saturated heterocycles. The minimum Gasteiger partial charge on any atom is -0.296 e. The number of carbonyl (C=O) groups is 1. The van der Waals surface area contributed by atoms with E-state index in [0.717, 1.165) is 23.5 Å². The Labute approximate surface area is 178 Å². The standard InChI is InChI=1S/C14H13ClN6O3S4/c1-2-7-25-13-19-18-12(26-13)21-28(23,24)14-20-17-11(27-14)16-10(22)8-5-3-4-6-9(8)15/h3-6H,2,7H2,1H3,(H,18,21)(H,16,17,22). The average molecular weight is 477 g/mol. The number of nitrogens with one attached hydrogen (secondary N) is 2. The van der Waals surface area contributed by atoms with Crippen LogP contribution in [0.1, 0.15) is 23.7 Å². The molecule has 9 nitrogen and oxygen atoms in total. The van der Waals surface area contributed by atoms with Crippen LogP contribution >= 0.6 is 46.0 Å². The van der Waals surface area contributed by atoms with Crippen molar-refractivity contribution in [2.24, 2.45) is 0 Å². The van der Waals surface area contributed by atoms with Crippen molar-refractivity contribution in [3.05, 3.63) is 34.9 Å². The molecule has 14 heteroatoms. The van der Waals surface area contributed by atoms with Gasteiger partial charge in [-0.25, -0.2) is 0 Å². The summed E-state index contributed by atoms with van der Waals surface area (Å²) < 4.78 is 27.6. The average Bonchev–Trinajstić information content (AvgIpc) is 3.30. The van der Waals surface area contributed by atoms with Crippen LogP contribution in [0.3, 0.4) is 0 Å². The molecule has 2 N–H and O–H groups in total. The van der Waals surface area contributed by atoms with Gasteiger partial charge in [-0.05, 0) is 18.6 Å². The summed E-state index contributed by atoms with van der Waals surface area (Å²) in [6.45, 7) is 2.04. The number of thioether (sulfide) groups is 1. The molecule has 0 aliphatic heterocycles. The first kappa shape index (κ1) is 20.9. The maximum absolute atomic E-state index is 12.4. The number of hydrogen-bond acceptors (Lipinski definition) is 10. The largest absolute Gasteiger partial charge is 0.296 e. The highest BCUT2D eigenvalue weighted by Gasteiger charge is 2.23. The molecule has 0 aliphatic carbocycles. The van der Waals surface area contributed by atoms with Crippen LogP contribution in [-0.4, -0.2) is 40.5 Å². The van der Waals surface area contributed by atoms with Gasteiger partial charge >= 0.3 is 0 Å². The molecule has 148 valence electrons. The van der Waals surface area contributed by atoms with Crippen molar-refractivity contribution >= 4 is 72.2 Å². The minimum atomic E-state index is -3.99. The van der Waals surface area contributed by atoms with Gasteiger partial charge in [-0.2, -0.15) is 8.42 Å². The van der Waals surface area contributed by atoms with E-state index in [1.165, 1.54) is 11.8 Å². The summed E-state index contributed by atoms with van der Waals surface area (Å²) in [6.07, 6.45) is 0.971. The quantitative estimate of drug-likeness (QED) is 0.373. The van der Waals surface area contributed by atoms with Crippen molar-refractivity contribution in [3.63, 3.8) is 0 Å². The van der Waals surface area contributed by atoms with Gasteiger partial charge in [-0.1, -0.05) is 65.1 Å². The fraction of sp³-hybridized carbons (Fsp3) is 0.214. The molecule has 0 aliphatic rings. The second-order valence-electron chi connectivity index (χ2n) is 5.13. The molecule has 3 aromatic rings. The maximum atomic E-state index is 12.4. The Morgan fingerprint density at radius 1 is 1.14 bits per heavy atom. The second kappa shape index (κ2) is 9.13. The van der Waals surface area contributed by atoms with E-state index in [0.29, 0.717) is 15.7 Å². The molecule has 0 spiro atoms. The van der Waals surface area contributed by atoms with E-state index in [4.69, 9.17) is 11.6 Å². The van der Waals surface area contributed by atoms with Crippen LogP contribution < -0.4 is 10.0 Å². The number of anilines is 2. The molecule has 0 unspecified atom stereocenters. The van der Waals surface area contributed by atoms with Crippen molar-refractivity contribution in [1.29, 1.82) is 0 Å². The van der Waals surface area contributed by atoms with E-state index >= 15 is 0 Å². The monoisotopic (exact) mass is 476 g/mol. The lowest BCUT2D eigenvalue weighted by Crippen LogP contribution is -2.12. The third-order valence-corrected chi connectivity index (χ3v) is 8.21. The number of sulfonamides is 1. The first-order chi connectivity index (χ1) is 13.4. The number of carbonyl (C=O) groups excluding carboxylic acids is 1. The molecule has 28 heavy (non-hydrogen) atoms. The van der Waals surface area contributed by atoms with Crippen LogP contribution in [0.5, 0.6) is 0 Å². The molecular weight excluding hydrogens is 464 g/mol. The van der Waals surface area contributed by atoms with Gasteiger partial charge in [0.15, 0.2) is 4.34 Å². The highest BCUT2D eigenvalue weighted by Crippen LogP contribution is 2.29. The van der Waals surface area contributed by atoms with Crippen molar-refractivity contribution in [3.8, 4) is 0 Å². The molecule has 1 aromatic carbocycles. The van der Waals surface area contributed by atoms with Gasteiger partial charge in [-0.3, -0.25) is 14.8 Å². The van der Waals surface area contributed by atoms with Gasteiger partial charge in [-0.15, -0.1) is 20.4 Å². The summed E-state index contributed by atoms with van der Waals surface area (Å²) in [7, 11) is -3.99. The molecule has 2 aromatic heterocycles. The van der Waals surface area contributed by atoms with Crippen LogP contribution in [-0.2, 0) is 10.0 Å². The van der Waals surface area contributed by atoms with E-state index in [9.17, 15) is 13.2 Å². The number of halogens is 1. The Hall–Kier alpha value is -1.80. The predicted octanol–water partition coefficient (Wildman–Crippen LogP) is 3.60. The highest BCUT2D eigenvalue weighted by molar-refractivity contribution is 8.01. The summed E-state index contributed by atoms with van der Waals surface area (Å²) in [4.78, 5) is 12.2. The van der Waals surface area contributed by atoms with E-state index in [2.05, 4.69) is 30.4 Å². The zero-order chi connectivity index (χ0) is 20.1. The van der Waals surface area contributed by atoms with Crippen molar-refractivity contribution in [1.82, 2.24) is 20.4 Å². The number of hydrogen-bond donors (Lipinski definition) is 2. The van der Waals surface area contributed by atoms with E-state index in [1.54, 1.807) is 24.3 Å². The summed E-state index contributed by atoms with van der Waals surface area (Å²) >= 11 is 9.32. The van der Waals surface area contributed by atoms with Gasteiger partial charge < -0.3 is 0 Å². The smallest absolute Gasteiger partial charge is 0.293 e. The molecule has 0 radical (unpaired) electrons. The number of benzene rings is 1. The van der Waals surface area contributed by atoms with Crippen LogP contribution in [0.15, 0.2) is 32.9 Å². The molecule has 0 bridgehead atoms. The van der Waals surface area contributed by atoms with E-state index in [-0.39, 0.29) is 25.2 Å². The first-order valence-electron chi connectivity index (χ1n) is 7.77. The molecule has 1 amide bonds. The number of aromatic nitrogens is 4. The Morgan fingerprint density at radius 2 is 1.89 bits per heavy atom. The predicted molar refractivity (Wildman–Crippen MR) is 111 cm³/mol. The molecule has 0 saturated carbocycles. The lowest BCUT2D eigenvalue weighted by molar-refractivity contribution is 0.102. The zero-order valence-electron chi connectivity index (χ0n) is 14.2. The van der Waals surface area contributed by atoms with Crippen molar-refractivity contribution in [2.45, 2.75) is 22.0 Å². The molecule has 3 rings (SSSR count). The zero-order valence-corrected chi connectivity index (χ0v) is 18.3.